The van der Waals surface area contributed by atoms with Crippen molar-refractivity contribution in [2.45, 2.75) is 25.3 Å². The van der Waals surface area contributed by atoms with E-state index >= 15 is 0 Å². The quantitative estimate of drug-likeness (QED) is 0.632. The highest BCUT2D eigenvalue weighted by atomic mass is 32.1. The summed E-state index contributed by atoms with van der Waals surface area (Å²) in [6.07, 6.45) is 0.749. The van der Waals surface area contributed by atoms with Gasteiger partial charge in [-0.3, -0.25) is 4.79 Å². The van der Waals surface area contributed by atoms with E-state index in [2.05, 4.69) is 5.32 Å². The van der Waals surface area contributed by atoms with Gasteiger partial charge < -0.3 is 5.32 Å². The van der Waals surface area contributed by atoms with Crippen molar-refractivity contribution in [3.05, 3.63) is 80.4 Å². The van der Waals surface area contributed by atoms with Crippen molar-refractivity contribution in [3.8, 4) is 0 Å². The van der Waals surface area contributed by atoms with Crippen LogP contribution in [0.2, 0.25) is 0 Å². The lowest BCUT2D eigenvalue weighted by Crippen LogP contribution is -2.32. The molecule has 0 fully saturated rings. The summed E-state index contributed by atoms with van der Waals surface area (Å²) in [6, 6.07) is 14.1. The minimum atomic E-state index is -0.292. The summed E-state index contributed by atoms with van der Waals surface area (Å²) in [7, 11) is 0. The molecule has 2 aromatic heterocycles. The molecule has 2 heterocycles. The summed E-state index contributed by atoms with van der Waals surface area (Å²) in [5, 5.41) is 7.10. The Morgan fingerprint density at radius 3 is 2.08 bits per heavy atom. The SMILES string of the molecule is CC[C@H](NC(=O)C(c1cccs1)c1cccs1)c1ccc(F)cc1. The van der Waals surface area contributed by atoms with Crippen molar-refractivity contribution in [3.63, 3.8) is 0 Å². The van der Waals surface area contributed by atoms with Gasteiger partial charge in [-0.1, -0.05) is 31.2 Å². The minimum Gasteiger partial charge on any atom is -0.348 e. The van der Waals surface area contributed by atoms with Crippen molar-refractivity contribution in [1.29, 1.82) is 0 Å². The molecule has 0 aliphatic carbocycles. The van der Waals surface area contributed by atoms with E-state index in [0.717, 1.165) is 21.7 Å². The van der Waals surface area contributed by atoms with Crippen LogP contribution in [0.4, 0.5) is 4.39 Å². The molecule has 0 aliphatic rings. The van der Waals surface area contributed by atoms with Crippen molar-refractivity contribution < 1.29 is 9.18 Å². The number of thiophene rings is 2. The standard InChI is InChI=1S/C19H18FNOS2/c1-2-15(13-7-9-14(20)10-8-13)21-19(22)18(16-5-3-11-23-16)17-6-4-12-24-17/h3-12,15,18H,2H2,1H3,(H,21,22)/t15-/m0/s1. The molecule has 3 aromatic rings. The Balaban J connectivity index is 1.83. The molecule has 24 heavy (non-hydrogen) atoms. The molecule has 0 unspecified atom stereocenters. The predicted molar refractivity (Wildman–Crippen MR) is 98.1 cm³/mol. The van der Waals surface area contributed by atoms with Crippen molar-refractivity contribution in [2.24, 2.45) is 0 Å². The first-order chi connectivity index (χ1) is 11.7. The molecule has 1 amide bonds. The molecule has 0 saturated heterocycles. The van der Waals surface area contributed by atoms with Gasteiger partial charge in [-0.2, -0.15) is 0 Å². The van der Waals surface area contributed by atoms with Gasteiger partial charge in [0.2, 0.25) is 5.91 Å². The third kappa shape index (κ3) is 3.74. The Labute approximate surface area is 149 Å². The average molecular weight is 359 g/mol. The number of nitrogens with one attached hydrogen (secondary N) is 1. The van der Waals surface area contributed by atoms with E-state index in [1.54, 1.807) is 34.8 Å². The summed E-state index contributed by atoms with van der Waals surface area (Å²) >= 11 is 3.17. The van der Waals surface area contributed by atoms with Crippen LogP contribution in [-0.2, 0) is 4.79 Å². The van der Waals surface area contributed by atoms with Gasteiger partial charge >= 0.3 is 0 Å². The van der Waals surface area contributed by atoms with E-state index in [4.69, 9.17) is 0 Å². The maximum Gasteiger partial charge on any atom is 0.234 e. The molecule has 0 aliphatic heterocycles. The summed E-state index contributed by atoms with van der Waals surface area (Å²) in [6.45, 7) is 2.01. The first-order valence-electron chi connectivity index (χ1n) is 7.81. The normalized spacial score (nSPS) is 12.3. The lowest BCUT2D eigenvalue weighted by Gasteiger charge is -2.21. The van der Waals surface area contributed by atoms with Crippen LogP contribution in [-0.4, -0.2) is 5.91 Å². The highest BCUT2D eigenvalue weighted by molar-refractivity contribution is 7.11. The number of carbonyl (C=O) groups is 1. The van der Waals surface area contributed by atoms with Gasteiger partial charge in [0, 0.05) is 9.75 Å². The molecule has 0 bridgehead atoms. The molecule has 5 heteroatoms. The van der Waals surface area contributed by atoms with E-state index in [1.807, 2.05) is 41.9 Å². The van der Waals surface area contributed by atoms with Gasteiger partial charge in [-0.25, -0.2) is 4.39 Å². The zero-order chi connectivity index (χ0) is 16.9. The second kappa shape index (κ2) is 7.73. The molecule has 1 N–H and O–H groups in total. The Morgan fingerprint density at radius 1 is 1.04 bits per heavy atom. The summed E-state index contributed by atoms with van der Waals surface area (Å²) in [4.78, 5) is 15.0. The largest absolute Gasteiger partial charge is 0.348 e. The first-order valence-corrected chi connectivity index (χ1v) is 9.57. The fourth-order valence-corrected chi connectivity index (χ4v) is 4.44. The lowest BCUT2D eigenvalue weighted by atomic mass is 10.0. The number of rotatable bonds is 6. The molecule has 0 spiro atoms. The van der Waals surface area contributed by atoms with Gasteiger partial charge in [0.1, 0.15) is 11.7 Å². The third-order valence-electron chi connectivity index (χ3n) is 3.91. The van der Waals surface area contributed by atoms with Crippen LogP contribution in [0.1, 0.15) is 40.6 Å². The van der Waals surface area contributed by atoms with Crippen LogP contribution in [0.25, 0.3) is 0 Å². The Bertz CT molecular complexity index is 732. The number of hydrogen-bond donors (Lipinski definition) is 1. The lowest BCUT2D eigenvalue weighted by molar-refractivity contribution is -0.122. The summed E-state index contributed by atoms with van der Waals surface area (Å²) < 4.78 is 13.1. The minimum absolute atomic E-state index is 0.0175. The highest BCUT2D eigenvalue weighted by Crippen LogP contribution is 2.32. The average Bonchev–Trinajstić information content (AvgIpc) is 3.28. The number of benzene rings is 1. The fourth-order valence-electron chi connectivity index (χ4n) is 2.68. The number of hydrogen-bond acceptors (Lipinski definition) is 3. The van der Waals surface area contributed by atoms with E-state index in [9.17, 15) is 9.18 Å². The van der Waals surface area contributed by atoms with Crippen molar-refractivity contribution in [2.75, 3.05) is 0 Å². The fraction of sp³-hybridized carbons (Fsp3) is 0.211. The van der Waals surface area contributed by atoms with Crippen molar-refractivity contribution in [1.82, 2.24) is 5.32 Å². The van der Waals surface area contributed by atoms with Crippen LogP contribution in [0.3, 0.4) is 0 Å². The van der Waals surface area contributed by atoms with Crippen LogP contribution >= 0.6 is 22.7 Å². The van der Waals surface area contributed by atoms with Crippen LogP contribution < -0.4 is 5.32 Å². The molecular formula is C19H18FNOS2. The topological polar surface area (TPSA) is 29.1 Å². The second-order valence-corrected chi connectivity index (χ2v) is 7.44. The second-order valence-electron chi connectivity index (χ2n) is 5.48. The molecule has 124 valence electrons. The molecule has 2 nitrogen and oxygen atoms in total. The molecule has 0 radical (unpaired) electrons. The maximum absolute atomic E-state index is 13.1. The Morgan fingerprint density at radius 2 is 1.62 bits per heavy atom. The Hall–Kier alpha value is -1.98. The number of halogens is 1. The van der Waals surface area contributed by atoms with Crippen molar-refractivity contribution >= 4 is 28.6 Å². The highest BCUT2D eigenvalue weighted by Gasteiger charge is 2.26. The van der Waals surface area contributed by atoms with E-state index in [0.29, 0.717) is 0 Å². The van der Waals surface area contributed by atoms with E-state index in [1.165, 1.54) is 12.1 Å². The van der Waals surface area contributed by atoms with E-state index in [-0.39, 0.29) is 23.7 Å². The van der Waals surface area contributed by atoms with Crippen LogP contribution in [0, 0.1) is 5.82 Å². The predicted octanol–water partition coefficient (Wildman–Crippen LogP) is 5.35. The van der Waals surface area contributed by atoms with Gasteiger partial charge in [0.05, 0.1) is 6.04 Å². The van der Waals surface area contributed by atoms with E-state index < -0.39 is 0 Å². The smallest absolute Gasteiger partial charge is 0.234 e. The van der Waals surface area contributed by atoms with Gasteiger partial charge in [-0.05, 0) is 47.0 Å². The third-order valence-corrected chi connectivity index (χ3v) is 5.79. The molecule has 1 aromatic carbocycles. The van der Waals surface area contributed by atoms with Crippen LogP contribution in [0.15, 0.2) is 59.3 Å². The first kappa shape index (κ1) is 16.9. The summed E-state index contributed by atoms with van der Waals surface area (Å²) in [5.41, 5.74) is 0.920. The number of amides is 1. The molecule has 0 saturated carbocycles. The van der Waals surface area contributed by atoms with Crippen LogP contribution in [0.5, 0.6) is 0 Å². The van der Waals surface area contributed by atoms with Gasteiger partial charge in [-0.15, -0.1) is 22.7 Å². The molecule has 3 rings (SSSR count). The zero-order valence-electron chi connectivity index (χ0n) is 13.2. The number of carbonyl (C=O) groups excluding carboxylic acids is 1. The Kier molecular flexibility index (Phi) is 5.43. The monoisotopic (exact) mass is 359 g/mol. The maximum atomic E-state index is 13.1. The zero-order valence-corrected chi connectivity index (χ0v) is 14.9. The summed E-state index contributed by atoms with van der Waals surface area (Å²) in [5.74, 6) is -0.578. The molecule has 1 atom stereocenters. The van der Waals surface area contributed by atoms with Gasteiger partial charge in [0.15, 0.2) is 0 Å². The van der Waals surface area contributed by atoms with Gasteiger partial charge in [0.25, 0.3) is 0 Å². The molecular weight excluding hydrogens is 341 g/mol.